The fourth-order valence-corrected chi connectivity index (χ4v) is 3.01. The van der Waals surface area contributed by atoms with E-state index in [1.807, 2.05) is 32.0 Å². The van der Waals surface area contributed by atoms with E-state index in [1.165, 1.54) is 0 Å². The molecule has 2 aromatic heterocycles. The van der Waals surface area contributed by atoms with Crippen LogP contribution in [0.25, 0.3) is 0 Å². The first kappa shape index (κ1) is 23.9. The normalized spacial score (nSPS) is 15.6. The van der Waals surface area contributed by atoms with Crippen LogP contribution in [0.1, 0.15) is 40.3 Å². The second kappa shape index (κ2) is 10.1. The van der Waals surface area contributed by atoms with E-state index in [-0.39, 0.29) is 17.9 Å². The summed E-state index contributed by atoms with van der Waals surface area (Å²) in [6.07, 6.45) is -0.411. The maximum Gasteiger partial charge on any atom is 0.490 e. The van der Waals surface area contributed by atoms with E-state index in [9.17, 15) is 22.8 Å². The highest BCUT2D eigenvalue weighted by molar-refractivity contribution is 5.93. The summed E-state index contributed by atoms with van der Waals surface area (Å²) in [7, 11) is 0. The quantitative estimate of drug-likeness (QED) is 0.738. The number of carbonyl (C=O) groups excluding carboxylic acids is 2. The van der Waals surface area contributed by atoms with Crippen molar-refractivity contribution in [2.45, 2.75) is 45.5 Å². The Bertz CT molecular complexity index is 928. The fraction of sp³-hybridized carbons (Fsp3) is 0.400. The molecule has 2 N–H and O–H groups in total. The molecule has 0 unspecified atom stereocenters. The van der Waals surface area contributed by atoms with Crippen LogP contribution in [-0.4, -0.2) is 51.5 Å². The molecule has 1 saturated heterocycles. The van der Waals surface area contributed by atoms with Crippen molar-refractivity contribution in [2.24, 2.45) is 0 Å². The van der Waals surface area contributed by atoms with Crippen LogP contribution in [0, 0.1) is 13.8 Å². The molecule has 2 amide bonds. The molecule has 1 fully saturated rings. The minimum atomic E-state index is -5.08. The minimum Gasteiger partial charge on any atom is -0.475 e. The highest BCUT2D eigenvalue weighted by atomic mass is 19.4. The summed E-state index contributed by atoms with van der Waals surface area (Å²) in [6.45, 7) is 4.61. The lowest BCUT2D eigenvalue weighted by Gasteiger charge is -2.25. The van der Waals surface area contributed by atoms with Crippen LogP contribution in [0.4, 0.5) is 13.2 Å². The molecule has 1 aliphatic rings. The number of carboxylic acids is 1. The Balaban J connectivity index is 0.000000423. The summed E-state index contributed by atoms with van der Waals surface area (Å²) in [5, 5.41) is 10.0. The number of amides is 2. The van der Waals surface area contributed by atoms with E-state index in [1.54, 1.807) is 17.3 Å². The van der Waals surface area contributed by atoms with Gasteiger partial charge in [-0.15, -0.1) is 0 Å². The molecule has 1 atom stereocenters. The standard InChI is InChI=1S/C18H21N3O3.C2HF3O2/c1-12-9-13(2)24-17(12)18(23)21(10-14-5-7-19-8-6-14)11-15-3-4-16(22)20-15;3-2(4,5)1(6)7/h5-9,15H,3-4,10-11H2,1-2H3,(H,20,22);(H,6,7)/t15-;/m0./s1. The van der Waals surface area contributed by atoms with Gasteiger partial charge in [-0.05, 0) is 44.0 Å². The van der Waals surface area contributed by atoms with Gasteiger partial charge in [0.1, 0.15) is 5.76 Å². The third-order valence-corrected chi connectivity index (χ3v) is 4.41. The zero-order valence-electron chi connectivity index (χ0n) is 16.9. The van der Waals surface area contributed by atoms with Crippen LogP contribution >= 0.6 is 0 Å². The Morgan fingerprint density at radius 1 is 1.29 bits per heavy atom. The molecule has 11 heteroatoms. The van der Waals surface area contributed by atoms with Crippen LogP contribution in [-0.2, 0) is 16.1 Å². The topological polar surface area (TPSA) is 113 Å². The van der Waals surface area contributed by atoms with Gasteiger partial charge in [-0.25, -0.2) is 4.79 Å². The molecule has 2 aromatic rings. The minimum absolute atomic E-state index is 0.0142. The van der Waals surface area contributed by atoms with Crippen LogP contribution in [0.5, 0.6) is 0 Å². The summed E-state index contributed by atoms with van der Waals surface area (Å²) in [5.41, 5.74) is 1.82. The predicted octanol–water partition coefficient (Wildman–Crippen LogP) is 2.85. The maximum absolute atomic E-state index is 13.0. The van der Waals surface area contributed by atoms with Crippen LogP contribution in [0.15, 0.2) is 35.0 Å². The van der Waals surface area contributed by atoms with Crippen LogP contribution in [0.2, 0.25) is 0 Å². The number of aryl methyl sites for hydroxylation is 2. The zero-order chi connectivity index (χ0) is 23.2. The molecule has 0 aromatic carbocycles. The van der Waals surface area contributed by atoms with Gasteiger partial charge in [0.05, 0.1) is 0 Å². The van der Waals surface area contributed by atoms with E-state index in [0.29, 0.717) is 31.0 Å². The average Bonchev–Trinajstić information content (AvgIpc) is 3.25. The molecule has 168 valence electrons. The highest BCUT2D eigenvalue weighted by Gasteiger charge is 2.38. The Morgan fingerprint density at radius 2 is 1.90 bits per heavy atom. The third-order valence-electron chi connectivity index (χ3n) is 4.41. The molecule has 3 heterocycles. The van der Waals surface area contributed by atoms with Crippen molar-refractivity contribution in [2.75, 3.05) is 6.54 Å². The molecule has 0 spiro atoms. The average molecular weight is 441 g/mol. The first-order valence-corrected chi connectivity index (χ1v) is 9.32. The number of carbonyl (C=O) groups is 3. The first-order valence-electron chi connectivity index (χ1n) is 9.32. The lowest BCUT2D eigenvalue weighted by molar-refractivity contribution is -0.192. The summed E-state index contributed by atoms with van der Waals surface area (Å²) in [4.78, 5) is 39.0. The van der Waals surface area contributed by atoms with Crippen molar-refractivity contribution < 1.29 is 37.1 Å². The monoisotopic (exact) mass is 441 g/mol. The number of aliphatic carboxylic acids is 1. The van der Waals surface area contributed by atoms with Crippen molar-refractivity contribution in [1.29, 1.82) is 0 Å². The highest BCUT2D eigenvalue weighted by Crippen LogP contribution is 2.19. The lowest BCUT2D eigenvalue weighted by atomic mass is 10.1. The number of halogens is 3. The number of nitrogens with one attached hydrogen (secondary N) is 1. The Morgan fingerprint density at radius 3 is 2.35 bits per heavy atom. The van der Waals surface area contributed by atoms with Gasteiger partial charge in [-0.3, -0.25) is 14.6 Å². The van der Waals surface area contributed by atoms with Gasteiger partial charge in [-0.2, -0.15) is 13.2 Å². The molecule has 0 radical (unpaired) electrons. The largest absolute Gasteiger partial charge is 0.490 e. The number of pyridine rings is 1. The van der Waals surface area contributed by atoms with Crippen molar-refractivity contribution in [1.82, 2.24) is 15.2 Å². The third kappa shape index (κ3) is 7.12. The van der Waals surface area contributed by atoms with Crippen LogP contribution < -0.4 is 5.32 Å². The molecule has 3 rings (SSSR count). The van der Waals surface area contributed by atoms with Gasteiger partial charge in [0.25, 0.3) is 5.91 Å². The Hall–Kier alpha value is -3.37. The van der Waals surface area contributed by atoms with E-state index in [2.05, 4.69) is 10.3 Å². The molecule has 0 bridgehead atoms. The van der Waals surface area contributed by atoms with E-state index >= 15 is 0 Å². The zero-order valence-corrected chi connectivity index (χ0v) is 16.9. The first-order chi connectivity index (χ1) is 14.5. The van der Waals surface area contributed by atoms with Crippen molar-refractivity contribution in [3.63, 3.8) is 0 Å². The smallest absolute Gasteiger partial charge is 0.475 e. The van der Waals surface area contributed by atoms with Crippen LogP contribution in [0.3, 0.4) is 0 Å². The number of furan rings is 1. The summed E-state index contributed by atoms with van der Waals surface area (Å²) < 4.78 is 37.3. The SMILES string of the molecule is Cc1cc(C)c(C(=O)N(Cc2ccncc2)C[C@@H]2CCC(=O)N2)o1.O=C(O)C(F)(F)F. The number of carboxylic acid groups (broad SMARTS) is 1. The van der Waals surface area contributed by atoms with E-state index in [0.717, 1.165) is 17.5 Å². The number of hydrogen-bond donors (Lipinski definition) is 2. The van der Waals surface area contributed by atoms with E-state index in [4.69, 9.17) is 14.3 Å². The number of alkyl halides is 3. The van der Waals surface area contributed by atoms with Crippen molar-refractivity contribution in [3.05, 3.63) is 53.2 Å². The summed E-state index contributed by atoms with van der Waals surface area (Å²) >= 11 is 0. The number of nitrogens with zero attached hydrogens (tertiary/aromatic N) is 2. The van der Waals surface area contributed by atoms with Gasteiger partial charge in [-0.1, -0.05) is 0 Å². The van der Waals surface area contributed by atoms with Crippen molar-refractivity contribution in [3.8, 4) is 0 Å². The van der Waals surface area contributed by atoms with E-state index < -0.39 is 12.1 Å². The van der Waals surface area contributed by atoms with Gasteiger partial charge >= 0.3 is 12.1 Å². The predicted molar refractivity (Wildman–Crippen MR) is 102 cm³/mol. The maximum atomic E-state index is 13.0. The van der Waals surface area contributed by atoms with Crippen molar-refractivity contribution >= 4 is 17.8 Å². The van der Waals surface area contributed by atoms with Gasteiger partial charge < -0.3 is 19.7 Å². The Kier molecular flexibility index (Phi) is 7.78. The molecule has 8 nitrogen and oxygen atoms in total. The summed E-state index contributed by atoms with van der Waals surface area (Å²) in [6, 6.07) is 5.61. The number of rotatable bonds is 5. The molecular weight excluding hydrogens is 419 g/mol. The molecule has 31 heavy (non-hydrogen) atoms. The number of aromatic nitrogens is 1. The second-order valence-electron chi connectivity index (χ2n) is 7.02. The Labute approximate surface area is 176 Å². The lowest BCUT2D eigenvalue weighted by Crippen LogP contribution is -2.41. The fourth-order valence-electron chi connectivity index (χ4n) is 3.01. The summed E-state index contributed by atoms with van der Waals surface area (Å²) in [5.74, 6) is -1.79. The number of hydrogen-bond acceptors (Lipinski definition) is 5. The molecule has 0 aliphatic carbocycles. The second-order valence-corrected chi connectivity index (χ2v) is 7.02. The molecule has 0 saturated carbocycles. The molecular formula is C20H22F3N3O5. The van der Waals surface area contributed by atoms with Gasteiger partial charge in [0, 0.05) is 43.5 Å². The van der Waals surface area contributed by atoms with Gasteiger partial charge in [0.2, 0.25) is 5.91 Å². The van der Waals surface area contributed by atoms with Gasteiger partial charge in [0.15, 0.2) is 5.76 Å². The molecule has 1 aliphatic heterocycles.